The fourth-order valence-electron chi connectivity index (χ4n) is 2.22. The molecule has 5 nitrogen and oxygen atoms in total. The summed E-state index contributed by atoms with van der Waals surface area (Å²) in [5.41, 5.74) is 5.90. The number of sulfonamides is 1. The second-order valence-corrected chi connectivity index (χ2v) is 7.22. The van der Waals surface area contributed by atoms with Gasteiger partial charge < -0.3 is 10.5 Å². The minimum Gasteiger partial charge on any atom is -0.494 e. The summed E-state index contributed by atoms with van der Waals surface area (Å²) in [5, 5.41) is 0. The first-order chi connectivity index (χ1) is 9.45. The topological polar surface area (TPSA) is 72.6 Å². The maximum Gasteiger partial charge on any atom is 0.243 e. The van der Waals surface area contributed by atoms with Crippen LogP contribution in [0.15, 0.2) is 29.2 Å². The molecule has 2 unspecified atom stereocenters. The molecule has 1 aliphatic rings. The van der Waals surface area contributed by atoms with Crippen molar-refractivity contribution in [2.24, 2.45) is 11.7 Å². The molecule has 0 aromatic heterocycles. The molecule has 0 aliphatic carbocycles. The van der Waals surface area contributed by atoms with Crippen LogP contribution in [-0.4, -0.2) is 38.5 Å². The quantitative estimate of drug-likeness (QED) is 0.893. The van der Waals surface area contributed by atoms with Crippen LogP contribution in [0.3, 0.4) is 0 Å². The molecule has 20 heavy (non-hydrogen) atoms. The van der Waals surface area contributed by atoms with Crippen LogP contribution in [0.4, 0.5) is 0 Å². The van der Waals surface area contributed by atoms with Crippen molar-refractivity contribution in [1.82, 2.24) is 4.31 Å². The highest BCUT2D eigenvalue weighted by molar-refractivity contribution is 7.89. The van der Waals surface area contributed by atoms with Crippen LogP contribution in [0.2, 0.25) is 0 Å². The summed E-state index contributed by atoms with van der Waals surface area (Å²) in [6.45, 7) is 5.50. The zero-order valence-corrected chi connectivity index (χ0v) is 12.8. The van der Waals surface area contributed by atoms with E-state index in [-0.39, 0.29) is 12.0 Å². The third-order valence-electron chi connectivity index (χ3n) is 3.57. The summed E-state index contributed by atoms with van der Waals surface area (Å²) in [7, 11) is -3.44. The molecule has 112 valence electrons. The van der Waals surface area contributed by atoms with Crippen LogP contribution in [0.5, 0.6) is 5.75 Å². The Kier molecular flexibility index (Phi) is 4.67. The van der Waals surface area contributed by atoms with Crippen molar-refractivity contribution in [3.05, 3.63) is 24.3 Å². The van der Waals surface area contributed by atoms with Crippen LogP contribution in [-0.2, 0) is 10.0 Å². The highest BCUT2D eigenvalue weighted by Crippen LogP contribution is 2.25. The molecule has 1 heterocycles. The van der Waals surface area contributed by atoms with Gasteiger partial charge in [-0.15, -0.1) is 0 Å². The van der Waals surface area contributed by atoms with Gasteiger partial charge >= 0.3 is 0 Å². The Labute approximate surface area is 120 Å². The van der Waals surface area contributed by atoms with Gasteiger partial charge in [-0.2, -0.15) is 4.31 Å². The van der Waals surface area contributed by atoms with E-state index in [1.807, 2.05) is 13.8 Å². The van der Waals surface area contributed by atoms with E-state index in [4.69, 9.17) is 10.5 Å². The van der Waals surface area contributed by atoms with E-state index in [1.165, 1.54) is 4.31 Å². The normalized spacial score (nSPS) is 23.9. The van der Waals surface area contributed by atoms with Gasteiger partial charge in [-0.25, -0.2) is 8.42 Å². The van der Waals surface area contributed by atoms with Gasteiger partial charge in [0.1, 0.15) is 5.75 Å². The smallest absolute Gasteiger partial charge is 0.243 e. The van der Waals surface area contributed by atoms with Crippen LogP contribution >= 0.6 is 0 Å². The summed E-state index contributed by atoms with van der Waals surface area (Å²) in [5.74, 6) is 0.884. The second-order valence-electron chi connectivity index (χ2n) is 5.28. The average Bonchev–Trinajstić information content (AvgIpc) is 2.77. The lowest BCUT2D eigenvalue weighted by molar-refractivity contribution is 0.317. The van der Waals surface area contributed by atoms with Gasteiger partial charge in [0.15, 0.2) is 0 Å². The van der Waals surface area contributed by atoms with Crippen LogP contribution in [0.1, 0.15) is 20.3 Å². The van der Waals surface area contributed by atoms with Crippen molar-refractivity contribution < 1.29 is 13.2 Å². The predicted molar refractivity (Wildman–Crippen MR) is 78.1 cm³/mol. The Morgan fingerprint density at radius 1 is 1.30 bits per heavy atom. The van der Waals surface area contributed by atoms with Crippen molar-refractivity contribution in [2.75, 3.05) is 19.7 Å². The number of nitrogens with zero attached hydrogens (tertiary/aromatic N) is 1. The van der Waals surface area contributed by atoms with Crippen molar-refractivity contribution in [2.45, 2.75) is 31.2 Å². The van der Waals surface area contributed by atoms with E-state index < -0.39 is 10.0 Å². The van der Waals surface area contributed by atoms with Crippen molar-refractivity contribution in [3.8, 4) is 5.75 Å². The first kappa shape index (κ1) is 15.3. The maximum atomic E-state index is 12.5. The van der Waals surface area contributed by atoms with E-state index in [2.05, 4.69) is 0 Å². The monoisotopic (exact) mass is 298 g/mol. The van der Waals surface area contributed by atoms with Crippen LogP contribution in [0, 0.1) is 5.92 Å². The van der Waals surface area contributed by atoms with Crippen LogP contribution in [0.25, 0.3) is 0 Å². The van der Waals surface area contributed by atoms with E-state index in [1.54, 1.807) is 24.3 Å². The van der Waals surface area contributed by atoms with E-state index in [0.29, 0.717) is 30.3 Å². The molecule has 0 spiro atoms. The minimum atomic E-state index is -3.44. The largest absolute Gasteiger partial charge is 0.494 e. The Hall–Kier alpha value is -1.11. The lowest BCUT2D eigenvalue weighted by Gasteiger charge is -2.16. The maximum absolute atomic E-state index is 12.5. The van der Waals surface area contributed by atoms with Crippen molar-refractivity contribution in [1.29, 1.82) is 0 Å². The fraction of sp³-hybridized carbons (Fsp3) is 0.571. The molecule has 0 radical (unpaired) electrons. The summed E-state index contributed by atoms with van der Waals surface area (Å²) >= 11 is 0. The molecule has 1 saturated heterocycles. The molecule has 1 aromatic carbocycles. The van der Waals surface area contributed by atoms with Crippen molar-refractivity contribution in [3.63, 3.8) is 0 Å². The standard InChI is InChI=1S/C14H22N2O3S/c1-3-8-19-12-4-6-13(7-5-12)20(17,18)16-9-11(2)14(15)10-16/h4-7,11,14H,3,8-10,15H2,1-2H3. The number of ether oxygens (including phenoxy) is 1. The third-order valence-corrected chi connectivity index (χ3v) is 5.42. The molecule has 2 atom stereocenters. The van der Waals surface area contributed by atoms with Gasteiger partial charge in [-0.05, 0) is 36.6 Å². The Balaban J connectivity index is 2.14. The van der Waals surface area contributed by atoms with Gasteiger partial charge in [0, 0.05) is 19.1 Å². The van der Waals surface area contributed by atoms with Gasteiger partial charge in [-0.1, -0.05) is 13.8 Å². The zero-order valence-electron chi connectivity index (χ0n) is 12.0. The molecular formula is C14H22N2O3S. The SMILES string of the molecule is CCCOc1ccc(S(=O)(=O)N2CC(C)C(N)C2)cc1. The van der Waals surface area contributed by atoms with Gasteiger partial charge in [0.2, 0.25) is 10.0 Å². The average molecular weight is 298 g/mol. The Bertz CT molecular complexity index is 532. The van der Waals surface area contributed by atoms with Crippen LogP contribution < -0.4 is 10.5 Å². The highest BCUT2D eigenvalue weighted by atomic mass is 32.2. The molecule has 1 aliphatic heterocycles. The second kappa shape index (κ2) is 6.11. The van der Waals surface area contributed by atoms with E-state index in [9.17, 15) is 8.42 Å². The molecule has 2 rings (SSSR count). The van der Waals surface area contributed by atoms with Gasteiger partial charge in [-0.3, -0.25) is 0 Å². The minimum absolute atomic E-state index is 0.0862. The third kappa shape index (κ3) is 3.13. The van der Waals surface area contributed by atoms with Crippen molar-refractivity contribution >= 4 is 10.0 Å². The molecule has 1 fully saturated rings. The summed E-state index contributed by atoms with van der Waals surface area (Å²) < 4.78 is 31.9. The Morgan fingerprint density at radius 3 is 2.45 bits per heavy atom. The number of hydrogen-bond acceptors (Lipinski definition) is 4. The van der Waals surface area contributed by atoms with E-state index >= 15 is 0 Å². The summed E-state index contributed by atoms with van der Waals surface area (Å²) in [6.07, 6.45) is 0.920. The molecule has 2 N–H and O–H groups in total. The lowest BCUT2D eigenvalue weighted by Crippen LogP contribution is -2.32. The molecule has 6 heteroatoms. The van der Waals surface area contributed by atoms with E-state index in [0.717, 1.165) is 6.42 Å². The number of hydrogen-bond donors (Lipinski definition) is 1. The molecule has 0 bridgehead atoms. The summed E-state index contributed by atoms with van der Waals surface area (Å²) in [6, 6.07) is 6.49. The number of rotatable bonds is 5. The Morgan fingerprint density at radius 2 is 1.95 bits per heavy atom. The first-order valence-electron chi connectivity index (χ1n) is 6.93. The fourth-order valence-corrected chi connectivity index (χ4v) is 3.80. The zero-order chi connectivity index (χ0) is 14.8. The first-order valence-corrected chi connectivity index (χ1v) is 8.37. The number of benzene rings is 1. The number of nitrogens with two attached hydrogens (primary N) is 1. The molecular weight excluding hydrogens is 276 g/mol. The predicted octanol–water partition coefficient (Wildman–Crippen LogP) is 1.44. The molecule has 0 amide bonds. The summed E-state index contributed by atoms with van der Waals surface area (Å²) in [4.78, 5) is 0.294. The highest BCUT2D eigenvalue weighted by Gasteiger charge is 2.35. The lowest BCUT2D eigenvalue weighted by atomic mass is 10.1. The van der Waals surface area contributed by atoms with Gasteiger partial charge in [0.25, 0.3) is 0 Å². The molecule has 1 aromatic rings. The molecule has 0 saturated carbocycles. The van der Waals surface area contributed by atoms with Gasteiger partial charge in [0.05, 0.1) is 11.5 Å².